The average molecular weight is 484 g/mol. The summed E-state index contributed by atoms with van der Waals surface area (Å²) in [6.07, 6.45) is 1.40. The van der Waals surface area contributed by atoms with E-state index in [2.05, 4.69) is 22.2 Å². The van der Waals surface area contributed by atoms with Gasteiger partial charge in [0.1, 0.15) is 11.4 Å². The first-order valence-electron chi connectivity index (χ1n) is 11.7. The maximum atomic E-state index is 14.7. The SMILES string of the molecule is C=C(NC1CCCC1)N[C@](Cc1ccccc1)(c1cc(F)cc(C(F)(F)F)c1)c1ccc(C)cn1. The Morgan fingerprint density at radius 1 is 1.00 bits per heavy atom. The standard InChI is InChI=1S/C28H29F4N3/c1-19-12-13-26(33-18-19)27(17-21-8-4-3-5-9-21,35-20(2)34-25-10-6-7-11-25)22-14-23(28(30,31)32)16-24(29)15-22/h3-5,8-9,12-16,18,25,34-35H,2,6-7,10-11,17H2,1H3/t27-/m1/s1. The summed E-state index contributed by atoms with van der Waals surface area (Å²) in [5, 5.41) is 6.74. The van der Waals surface area contributed by atoms with Crippen LogP contribution < -0.4 is 10.6 Å². The molecule has 3 nitrogen and oxygen atoms in total. The lowest BCUT2D eigenvalue weighted by atomic mass is 9.79. The van der Waals surface area contributed by atoms with Gasteiger partial charge in [-0.1, -0.05) is 55.8 Å². The monoisotopic (exact) mass is 483 g/mol. The van der Waals surface area contributed by atoms with Crippen molar-refractivity contribution in [3.05, 3.63) is 113 Å². The van der Waals surface area contributed by atoms with Crippen LogP contribution in [0.15, 0.2) is 79.3 Å². The van der Waals surface area contributed by atoms with Gasteiger partial charge in [-0.25, -0.2) is 4.39 Å². The molecule has 0 radical (unpaired) electrons. The number of halogens is 4. The predicted octanol–water partition coefficient (Wildman–Crippen LogP) is 6.63. The van der Waals surface area contributed by atoms with E-state index in [1.54, 1.807) is 12.3 Å². The normalized spacial score (nSPS) is 16.0. The van der Waals surface area contributed by atoms with Gasteiger partial charge in [0.25, 0.3) is 0 Å². The number of aromatic nitrogens is 1. The van der Waals surface area contributed by atoms with E-state index in [0.717, 1.165) is 48.9 Å². The van der Waals surface area contributed by atoms with Gasteiger partial charge in [-0.05, 0) is 60.7 Å². The van der Waals surface area contributed by atoms with Gasteiger partial charge >= 0.3 is 6.18 Å². The van der Waals surface area contributed by atoms with Crippen molar-refractivity contribution in [2.24, 2.45) is 0 Å². The van der Waals surface area contributed by atoms with E-state index in [9.17, 15) is 17.6 Å². The Morgan fingerprint density at radius 3 is 2.31 bits per heavy atom. The molecule has 2 N–H and O–H groups in total. The molecule has 1 fully saturated rings. The van der Waals surface area contributed by atoms with Crippen LogP contribution in [0.4, 0.5) is 17.6 Å². The minimum absolute atomic E-state index is 0.124. The molecule has 0 spiro atoms. The van der Waals surface area contributed by atoms with Crippen molar-refractivity contribution in [1.29, 1.82) is 0 Å². The van der Waals surface area contributed by atoms with Gasteiger partial charge in [0.05, 0.1) is 17.1 Å². The van der Waals surface area contributed by atoms with Crippen molar-refractivity contribution < 1.29 is 17.6 Å². The van der Waals surface area contributed by atoms with Crippen LogP contribution in [0.2, 0.25) is 0 Å². The van der Waals surface area contributed by atoms with Crippen molar-refractivity contribution in [1.82, 2.24) is 15.6 Å². The average Bonchev–Trinajstić information content (AvgIpc) is 3.31. The van der Waals surface area contributed by atoms with E-state index >= 15 is 0 Å². The Hall–Kier alpha value is -3.35. The number of nitrogens with zero attached hydrogens (tertiary/aromatic N) is 1. The largest absolute Gasteiger partial charge is 0.416 e. The summed E-state index contributed by atoms with van der Waals surface area (Å²) in [6.45, 7) is 6.02. The molecule has 1 saturated carbocycles. The molecule has 1 aliphatic carbocycles. The van der Waals surface area contributed by atoms with Gasteiger partial charge in [-0.15, -0.1) is 0 Å². The van der Waals surface area contributed by atoms with Crippen LogP contribution in [0, 0.1) is 12.7 Å². The molecule has 0 saturated heterocycles. The lowest BCUT2D eigenvalue weighted by molar-refractivity contribution is -0.137. The summed E-state index contributed by atoms with van der Waals surface area (Å²) >= 11 is 0. The van der Waals surface area contributed by atoms with E-state index < -0.39 is 23.1 Å². The summed E-state index contributed by atoms with van der Waals surface area (Å²) in [4.78, 5) is 4.59. The zero-order chi connectivity index (χ0) is 25.1. The minimum atomic E-state index is -4.70. The molecule has 0 amide bonds. The summed E-state index contributed by atoms with van der Waals surface area (Å²) in [7, 11) is 0. The second kappa shape index (κ2) is 10.1. The highest BCUT2D eigenvalue weighted by molar-refractivity contribution is 5.42. The van der Waals surface area contributed by atoms with E-state index in [0.29, 0.717) is 17.6 Å². The van der Waals surface area contributed by atoms with E-state index in [-0.39, 0.29) is 18.0 Å². The number of aryl methyl sites for hydroxylation is 1. The third-order valence-electron chi connectivity index (χ3n) is 6.48. The predicted molar refractivity (Wildman–Crippen MR) is 129 cm³/mol. The molecular weight excluding hydrogens is 454 g/mol. The van der Waals surface area contributed by atoms with Crippen LogP contribution in [0.25, 0.3) is 0 Å². The Kier molecular flexibility index (Phi) is 7.15. The first kappa shape index (κ1) is 24.8. The molecule has 1 heterocycles. The first-order chi connectivity index (χ1) is 16.7. The maximum Gasteiger partial charge on any atom is 0.416 e. The molecule has 0 aliphatic heterocycles. The van der Waals surface area contributed by atoms with Gasteiger partial charge in [0.15, 0.2) is 0 Å². The van der Waals surface area contributed by atoms with Crippen LogP contribution in [0.1, 0.15) is 53.6 Å². The molecule has 7 heteroatoms. The molecule has 3 aromatic rings. The number of hydrogen-bond acceptors (Lipinski definition) is 3. The summed E-state index contributed by atoms with van der Waals surface area (Å²) < 4.78 is 55.8. The quantitative estimate of drug-likeness (QED) is 0.353. The molecule has 1 atom stereocenters. The van der Waals surface area contributed by atoms with E-state index in [1.165, 1.54) is 0 Å². The zero-order valence-corrected chi connectivity index (χ0v) is 19.6. The van der Waals surface area contributed by atoms with Crippen molar-refractivity contribution in [2.75, 3.05) is 0 Å². The fourth-order valence-corrected chi connectivity index (χ4v) is 4.75. The molecule has 184 valence electrons. The number of hydrogen-bond donors (Lipinski definition) is 2. The molecule has 2 aromatic carbocycles. The molecule has 35 heavy (non-hydrogen) atoms. The van der Waals surface area contributed by atoms with Crippen molar-refractivity contribution in [3.63, 3.8) is 0 Å². The molecule has 4 rings (SSSR count). The third-order valence-corrected chi connectivity index (χ3v) is 6.48. The van der Waals surface area contributed by atoms with Crippen LogP contribution >= 0.6 is 0 Å². The molecule has 0 unspecified atom stereocenters. The smallest absolute Gasteiger partial charge is 0.370 e. The highest BCUT2D eigenvalue weighted by atomic mass is 19.4. The summed E-state index contributed by atoms with van der Waals surface area (Å²) in [6, 6.07) is 15.9. The highest BCUT2D eigenvalue weighted by Gasteiger charge is 2.40. The number of alkyl halides is 3. The summed E-state index contributed by atoms with van der Waals surface area (Å²) in [5.41, 5.74) is 0.00171. The van der Waals surface area contributed by atoms with Crippen LogP contribution in [0.3, 0.4) is 0 Å². The van der Waals surface area contributed by atoms with Gasteiger partial charge in [0.2, 0.25) is 0 Å². The fourth-order valence-electron chi connectivity index (χ4n) is 4.75. The molecule has 1 aromatic heterocycles. The van der Waals surface area contributed by atoms with Crippen LogP contribution in [0.5, 0.6) is 0 Å². The number of benzene rings is 2. The van der Waals surface area contributed by atoms with E-state index in [1.807, 2.05) is 43.3 Å². The fraction of sp³-hybridized carbons (Fsp3) is 0.321. The van der Waals surface area contributed by atoms with Gasteiger partial charge in [-0.3, -0.25) is 4.98 Å². The Morgan fingerprint density at radius 2 is 1.69 bits per heavy atom. The Labute approximate surface area is 203 Å². The zero-order valence-electron chi connectivity index (χ0n) is 19.6. The second-order valence-electron chi connectivity index (χ2n) is 9.24. The topological polar surface area (TPSA) is 37.0 Å². The highest BCUT2D eigenvalue weighted by Crippen LogP contribution is 2.38. The van der Waals surface area contributed by atoms with Crippen molar-refractivity contribution in [3.8, 4) is 0 Å². The Bertz CT molecular complexity index is 1150. The molecule has 1 aliphatic rings. The number of rotatable bonds is 8. The lowest BCUT2D eigenvalue weighted by Gasteiger charge is -2.38. The first-order valence-corrected chi connectivity index (χ1v) is 11.7. The van der Waals surface area contributed by atoms with Crippen LogP contribution in [-0.4, -0.2) is 11.0 Å². The molecule has 0 bridgehead atoms. The third kappa shape index (κ3) is 5.84. The Balaban J connectivity index is 1.89. The molecular formula is C28H29F4N3. The van der Waals surface area contributed by atoms with Gasteiger partial charge in [0, 0.05) is 18.7 Å². The van der Waals surface area contributed by atoms with E-state index in [4.69, 9.17) is 0 Å². The number of pyridine rings is 1. The summed E-state index contributed by atoms with van der Waals surface area (Å²) in [5.74, 6) is -0.497. The van der Waals surface area contributed by atoms with Crippen molar-refractivity contribution >= 4 is 0 Å². The minimum Gasteiger partial charge on any atom is -0.370 e. The lowest BCUT2D eigenvalue weighted by Crippen LogP contribution is -2.49. The number of nitrogens with one attached hydrogen (secondary N) is 2. The van der Waals surface area contributed by atoms with Gasteiger partial charge < -0.3 is 10.6 Å². The van der Waals surface area contributed by atoms with Crippen LogP contribution in [-0.2, 0) is 18.1 Å². The second-order valence-corrected chi connectivity index (χ2v) is 9.24. The maximum absolute atomic E-state index is 14.7. The van der Waals surface area contributed by atoms with Crippen molar-refractivity contribution in [2.45, 2.75) is 56.8 Å². The van der Waals surface area contributed by atoms with Gasteiger partial charge in [-0.2, -0.15) is 13.2 Å².